The van der Waals surface area contributed by atoms with E-state index in [0.717, 1.165) is 5.69 Å². The van der Waals surface area contributed by atoms with Gasteiger partial charge >= 0.3 is 0 Å². The number of nitrogens with zero attached hydrogens (tertiary/aromatic N) is 2. The molecule has 1 fully saturated rings. The lowest BCUT2D eigenvalue weighted by molar-refractivity contribution is -0.121. The molecule has 1 amide bonds. The number of oxime groups is 1. The van der Waals surface area contributed by atoms with E-state index in [1.165, 1.54) is 0 Å². The van der Waals surface area contributed by atoms with E-state index in [1.54, 1.807) is 4.90 Å². The van der Waals surface area contributed by atoms with Crippen LogP contribution in [0, 0.1) is 5.41 Å². The Labute approximate surface area is 106 Å². The van der Waals surface area contributed by atoms with Crippen LogP contribution in [0.2, 0.25) is 0 Å². The van der Waals surface area contributed by atoms with Crippen molar-refractivity contribution < 1.29 is 10.0 Å². The molecule has 0 spiro atoms. The highest BCUT2D eigenvalue weighted by Crippen LogP contribution is 2.48. The van der Waals surface area contributed by atoms with Gasteiger partial charge in [0.1, 0.15) is 5.41 Å². The quantitative estimate of drug-likeness (QED) is 0.367. The Morgan fingerprint density at radius 2 is 2.06 bits per heavy atom. The fraction of sp³-hybridized carbons (Fsp3) is 0.385. The largest absolute Gasteiger partial charge is 0.409 e. The highest BCUT2D eigenvalue weighted by molar-refractivity contribution is 6.15. The second kappa shape index (κ2) is 4.68. The summed E-state index contributed by atoms with van der Waals surface area (Å²) in [6, 6.07) is 9.43. The van der Waals surface area contributed by atoms with Crippen LogP contribution in [0.15, 0.2) is 35.5 Å². The zero-order valence-electron chi connectivity index (χ0n) is 10.3. The third kappa shape index (κ3) is 1.92. The average molecular weight is 247 g/mol. The second-order valence-corrected chi connectivity index (χ2v) is 4.45. The maximum atomic E-state index is 12.5. The summed E-state index contributed by atoms with van der Waals surface area (Å²) in [5.41, 5.74) is 5.68. The standard InChI is InChI=1S/C13H17N3O2/c1-2-16(10-6-4-3-5-7-10)12(17)13(8-9-13)11(14)15-18/h3-7,18H,2,8-9H2,1H3,(H2,14,15). The molecule has 1 saturated carbocycles. The zero-order chi connectivity index (χ0) is 13.2. The SMILES string of the molecule is CCN(C(=O)C1(/C(N)=N/O)CC1)c1ccccc1. The minimum absolute atomic E-state index is 0.0156. The van der Waals surface area contributed by atoms with Gasteiger partial charge in [-0.25, -0.2) is 0 Å². The van der Waals surface area contributed by atoms with Crippen molar-refractivity contribution in [3.8, 4) is 0 Å². The summed E-state index contributed by atoms with van der Waals surface area (Å²) < 4.78 is 0. The van der Waals surface area contributed by atoms with E-state index in [9.17, 15) is 4.79 Å². The van der Waals surface area contributed by atoms with Crippen molar-refractivity contribution >= 4 is 17.4 Å². The number of hydrogen-bond acceptors (Lipinski definition) is 3. The lowest BCUT2D eigenvalue weighted by Gasteiger charge is -2.25. The highest BCUT2D eigenvalue weighted by atomic mass is 16.4. The summed E-state index contributed by atoms with van der Waals surface area (Å²) in [5.74, 6) is -0.0756. The molecule has 1 aliphatic rings. The lowest BCUT2D eigenvalue weighted by Crippen LogP contribution is -2.43. The molecule has 0 radical (unpaired) electrons. The Bertz CT molecular complexity index is 466. The lowest BCUT2D eigenvalue weighted by atomic mass is 10.0. The van der Waals surface area contributed by atoms with Crippen LogP contribution in [-0.2, 0) is 4.79 Å². The van der Waals surface area contributed by atoms with Gasteiger partial charge < -0.3 is 15.8 Å². The number of benzene rings is 1. The molecular weight excluding hydrogens is 230 g/mol. The van der Waals surface area contributed by atoms with E-state index in [2.05, 4.69) is 5.16 Å². The van der Waals surface area contributed by atoms with Gasteiger partial charge in [0, 0.05) is 12.2 Å². The summed E-state index contributed by atoms with van der Waals surface area (Å²) >= 11 is 0. The van der Waals surface area contributed by atoms with Crippen molar-refractivity contribution in [3.63, 3.8) is 0 Å². The molecule has 0 atom stereocenters. The molecule has 0 saturated heterocycles. The maximum absolute atomic E-state index is 12.5. The topological polar surface area (TPSA) is 78.9 Å². The van der Waals surface area contributed by atoms with Gasteiger partial charge in [-0.05, 0) is 31.9 Å². The van der Waals surface area contributed by atoms with Crippen LogP contribution in [0.3, 0.4) is 0 Å². The Morgan fingerprint density at radius 3 is 2.50 bits per heavy atom. The molecule has 1 aromatic rings. The van der Waals surface area contributed by atoms with Gasteiger partial charge in [0.2, 0.25) is 5.91 Å². The second-order valence-electron chi connectivity index (χ2n) is 4.45. The van der Waals surface area contributed by atoms with E-state index >= 15 is 0 Å². The van der Waals surface area contributed by atoms with Gasteiger partial charge in [0.05, 0.1) is 0 Å². The number of carbonyl (C=O) groups excluding carboxylic acids is 1. The summed E-state index contributed by atoms with van der Waals surface area (Å²) in [6.07, 6.45) is 1.29. The van der Waals surface area contributed by atoms with E-state index in [4.69, 9.17) is 10.9 Å². The van der Waals surface area contributed by atoms with Gasteiger partial charge in [-0.1, -0.05) is 23.4 Å². The average Bonchev–Trinajstić information content (AvgIpc) is 3.21. The first-order valence-electron chi connectivity index (χ1n) is 6.00. The number of amides is 1. The van der Waals surface area contributed by atoms with E-state index in [0.29, 0.717) is 19.4 Å². The van der Waals surface area contributed by atoms with Gasteiger partial charge in [-0.2, -0.15) is 0 Å². The van der Waals surface area contributed by atoms with Gasteiger partial charge in [-0.3, -0.25) is 4.79 Å². The molecule has 0 bridgehead atoms. The predicted octanol–water partition coefficient (Wildman–Crippen LogP) is 1.57. The normalized spacial score (nSPS) is 17.3. The Kier molecular flexibility index (Phi) is 3.23. The van der Waals surface area contributed by atoms with Crippen molar-refractivity contribution in [2.45, 2.75) is 19.8 Å². The molecular formula is C13H17N3O2. The fourth-order valence-corrected chi connectivity index (χ4v) is 2.11. The van der Waals surface area contributed by atoms with Crippen molar-refractivity contribution in [2.75, 3.05) is 11.4 Å². The van der Waals surface area contributed by atoms with Crippen molar-refractivity contribution in [1.29, 1.82) is 0 Å². The third-order valence-corrected chi connectivity index (χ3v) is 3.39. The molecule has 0 aromatic heterocycles. The molecule has 5 heteroatoms. The molecule has 2 rings (SSSR count). The number of rotatable bonds is 4. The van der Waals surface area contributed by atoms with E-state index < -0.39 is 5.41 Å². The third-order valence-electron chi connectivity index (χ3n) is 3.39. The zero-order valence-corrected chi connectivity index (χ0v) is 10.3. The Hall–Kier alpha value is -2.04. The van der Waals surface area contributed by atoms with Crippen molar-refractivity contribution in [1.82, 2.24) is 0 Å². The minimum Gasteiger partial charge on any atom is -0.409 e. The number of anilines is 1. The van der Waals surface area contributed by atoms with E-state index in [-0.39, 0.29) is 11.7 Å². The first-order valence-corrected chi connectivity index (χ1v) is 6.00. The van der Waals surface area contributed by atoms with Gasteiger partial charge in [0.15, 0.2) is 5.84 Å². The molecule has 1 aromatic carbocycles. The molecule has 0 aliphatic heterocycles. The number of para-hydroxylation sites is 1. The fourth-order valence-electron chi connectivity index (χ4n) is 2.11. The van der Waals surface area contributed by atoms with Crippen molar-refractivity contribution in [2.24, 2.45) is 16.3 Å². The van der Waals surface area contributed by atoms with Crippen LogP contribution in [-0.4, -0.2) is 23.5 Å². The molecule has 3 N–H and O–H groups in total. The first-order chi connectivity index (χ1) is 8.65. The Balaban J connectivity index is 2.28. The van der Waals surface area contributed by atoms with Crippen LogP contribution >= 0.6 is 0 Å². The van der Waals surface area contributed by atoms with Crippen LogP contribution in [0.4, 0.5) is 5.69 Å². The molecule has 18 heavy (non-hydrogen) atoms. The van der Waals surface area contributed by atoms with Gasteiger partial charge in [-0.15, -0.1) is 0 Å². The molecule has 5 nitrogen and oxygen atoms in total. The van der Waals surface area contributed by atoms with Crippen LogP contribution < -0.4 is 10.6 Å². The maximum Gasteiger partial charge on any atom is 0.240 e. The van der Waals surface area contributed by atoms with Crippen LogP contribution in [0.5, 0.6) is 0 Å². The summed E-state index contributed by atoms with van der Waals surface area (Å²) in [6.45, 7) is 2.47. The summed E-state index contributed by atoms with van der Waals surface area (Å²) in [5, 5.41) is 11.8. The minimum atomic E-state index is -0.791. The number of carbonyl (C=O) groups is 1. The first kappa shape index (κ1) is 12.4. The number of hydrogen-bond donors (Lipinski definition) is 2. The number of nitrogens with two attached hydrogens (primary N) is 1. The van der Waals surface area contributed by atoms with Crippen LogP contribution in [0.1, 0.15) is 19.8 Å². The Morgan fingerprint density at radius 1 is 1.44 bits per heavy atom. The molecule has 0 heterocycles. The monoisotopic (exact) mass is 247 g/mol. The molecule has 96 valence electrons. The predicted molar refractivity (Wildman–Crippen MR) is 69.5 cm³/mol. The number of amidine groups is 1. The summed E-state index contributed by atoms with van der Waals surface area (Å²) in [7, 11) is 0. The highest BCUT2D eigenvalue weighted by Gasteiger charge is 2.55. The smallest absolute Gasteiger partial charge is 0.240 e. The van der Waals surface area contributed by atoms with E-state index in [1.807, 2.05) is 37.3 Å². The van der Waals surface area contributed by atoms with Gasteiger partial charge in [0.25, 0.3) is 0 Å². The van der Waals surface area contributed by atoms with Crippen molar-refractivity contribution in [3.05, 3.63) is 30.3 Å². The molecule has 1 aliphatic carbocycles. The molecule has 0 unspecified atom stereocenters. The summed E-state index contributed by atoms with van der Waals surface area (Å²) in [4.78, 5) is 14.2. The van der Waals surface area contributed by atoms with Crippen LogP contribution in [0.25, 0.3) is 0 Å².